The van der Waals surface area contributed by atoms with E-state index in [0.717, 1.165) is 31.1 Å². The molecule has 0 spiro atoms. The van der Waals surface area contributed by atoms with Crippen LogP contribution in [0.1, 0.15) is 29.0 Å². The molecule has 0 amide bonds. The van der Waals surface area contributed by atoms with Gasteiger partial charge in [-0.3, -0.25) is 0 Å². The Bertz CT molecular complexity index is 854. The van der Waals surface area contributed by atoms with Crippen LogP contribution in [-0.2, 0) is 0 Å². The fourth-order valence-corrected chi connectivity index (χ4v) is 5.20. The van der Waals surface area contributed by atoms with E-state index in [2.05, 4.69) is 75.5 Å². The molecule has 2 aromatic rings. The molecule has 4 heteroatoms. The molecule has 0 N–H and O–H groups in total. The third-order valence-corrected chi connectivity index (χ3v) is 6.34. The van der Waals surface area contributed by atoms with Gasteiger partial charge in [-0.15, -0.1) is 0 Å². The summed E-state index contributed by atoms with van der Waals surface area (Å²) in [6, 6.07) is 10.8. The number of rotatable bonds is 0. The molecule has 0 fully saturated rings. The minimum atomic E-state index is 0.351. The van der Waals surface area contributed by atoms with Crippen LogP contribution in [-0.4, -0.2) is 13.2 Å². The van der Waals surface area contributed by atoms with Crippen LogP contribution in [0, 0.1) is 7.14 Å². The summed E-state index contributed by atoms with van der Waals surface area (Å²) < 4.78 is 14.6. The van der Waals surface area contributed by atoms with Gasteiger partial charge in [0.2, 0.25) is 0 Å². The number of ether oxygens (including phenoxy) is 2. The van der Waals surface area contributed by atoms with Crippen LogP contribution >= 0.6 is 45.2 Å². The van der Waals surface area contributed by atoms with Crippen molar-refractivity contribution in [1.82, 2.24) is 0 Å². The molecule has 0 aromatic heterocycles. The fraction of sp³-hybridized carbons (Fsp3) is 0.222. The highest BCUT2D eigenvalue weighted by molar-refractivity contribution is 14.1. The molecule has 1 atom stereocenters. The first-order valence-corrected chi connectivity index (χ1v) is 9.51. The molecule has 3 aliphatic rings. The molecule has 1 aliphatic carbocycles. The van der Waals surface area contributed by atoms with E-state index < -0.39 is 0 Å². The molecule has 2 heterocycles. The molecule has 1 unspecified atom stereocenters. The Morgan fingerprint density at radius 2 is 1.86 bits per heavy atom. The van der Waals surface area contributed by atoms with Gasteiger partial charge < -0.3 is 9.47 Å². The van der Waals surface area contributed by atoms with Gasteiger partial charge in [0.05, 0.1) is 13.2 Å². The highest BCUT2D eigenvalue weighted by atomic mass is 127. The Morgan fingerprint density at radius 3 is 2.77 bits per heavy atom. The van der Waals surface area contributed by atoms with E-state index in [1.54, 1.807) is 0 Å². The lowest BCUT2D eigenvalue weighted by Gasteiger charge is -2.27. The van der Waals surface area contributed by atoms with Crippen LogP contribution < -0.4 is 9.47 Å². The van der Waals surface area contributed by atoms with Crippen molar-refractivity contribution < 1.29 is 9.47 Å². The minimum Gasteiger partial charge on any atom is -0.493 e. The zero-order valence-electron chi connectivity index (χ0n) is 11.7. The van der Waals surface area contributed by atoms with E-state index in [9.17, 15) is 0 Å². The van der Waals surface area contributed by atoms with Gasteiger partial charge >= 0.3 is 0 Å². The molecule has 0 radical (unpaired) electrons. The lowest BCUT2D eigenvalue weighted by Crippen LogP contribution is -2.17. The van der Waals surface area contributed by atoms with Gasteiger partial charge in [-0.1, -0.05) is 0 Å². The summed E-state index contributed by atoms with van der Waals surface area (Å²) in [5.74, 6) is 2.42. The second kappa shape index (κ2) is 4.87. The van der Waals surface area contributed by atoms with Crippen molar-refractivity contribution in [1.29, 1.82) is 0 Å². The van der Waals surface area contributed by atoms with Crippen molar-refractivity contribution in [2.45, 2.75) is 12.3 Å². The Kier molecular flexibility index (Phi) is 3.02. The van der Waals surface area contributed by atoms with Crippen molar-refractivity contribution in [2.75, 3.05) is 13.2 Å². The molecule has 110 valence electrons. The summed E-state index contributed by atoms with van der Waals surface area (Å²) in [5.41, 5.74) is 6.98. The molecule has 0 saturated heterocycles. The van der Waals surface area contributed by atoms with Gasteiger partial charge in [-0.2, -0.15) is 0 Å². The Balaban J connectivity index is 1.85. The average molecular weight is 514 g/mol. The topological polar surface area (TPSA) is 18.5 Å². The van der Waals surface area contributed by atoms with Crippen LogP contribution in [0.5, 0.6) is 11.5 Å². The minimum absolute atomic E-state index is 0.351. The summed E-state index contributed by atoms with van der Waals surface area (Å²) in [7, 11) is 0. The first-order valence-electron chi connectivity index (χ1n) is 7.35. The molecule has 2 nitrogen and oxygen atoms in total. The Hall–Kier alpha value is -0.760. The molecule has 2 aromatic carbocycles. The SMILES string of the molecule is Ic1ccc2c(c1)C1=C3CCOc4ccc(I)c(c43)C1CO2. The number of hydrogen-bond acceptors (Lipinski definition) is 2. The van der Waals surface area contributed by atoms with E-state index in [-0.39, 0.29) is 0 Å². The van der Waals surface area contributed by atoms with Crippen LogP contribution in [0.25, 0.3) is 11.1 Å². The summed E-state index contributed by atoms with van der Waals surface area (Å²) in [4.78, 5) is 0. The summed E-state index contributed by atoms with van der Waals surface area (Å²) >= 11 is 4.83. The van der Waals surface area contributed by atoms with Crippen molar-refractivity contribution in [3.05, 3.63) is 54.2 Å². The highest BCUT2D eigenvalue weighted by Crippen LogP contribution is 2.57. The number of fused-ring (bicyclic) bond motifs is 4. The van der Waals surface area contributed by atoms with E-state index in [1.807, 2.05) is 0 Å². The zero-order chi connectivity index (χ0) is 14.8. The maximum absolute atomic E-state index is 6.08. The molecular weight excluding hydrogens is 502 g/mol. The van der Waals surface area contributed by atoms with Gasteiger partial charge in [-0.05, 0) is 92.2 Å². The summed E-state index contributed by atoms with van der Waals surface area (Å²) in [5, 5.41) is 0. The second-order valence-electron chi connectivity index (χ2n) is 5.83. The predicted molar refractivity (Wildman–Crippen MR) is 103 cm³/mol. The predicted octanol–water partition coefficient (Wildman–Crippen LogP) is 5.08. The fourth-order valence-electron chi connectivity index (χ4n) is 3.89. The zero-order valence-corrected chi connectivity index (χ0v) is 16.0. The summed E-state index contributed by atoms with van der Waals surface area (Å²) in [6.45, 7) is 1.51. The van der Waals surface area contributed by atoms with E-state index >= 15 is 0 Å². The van der Waals surface area contributed by atoms with Gasteiger partial charge in [0.15, 0.2) is 0 Å². The normalized spacial score (nSPS) is 20.7. The third kappa shape index (κ3) is 1.76. The average Bonchev–Trinajstić information content (AvgIpc) is 2.88. The molecule has 0 bridgehead atoms. The van der Waals surface area contributed by atoms with E-state index in [0.29, 0.717) is 5.92 Å². The lowest BCUT2D eigenvalue weighted by molar-refractivity contribution is 0.298. The smallest absolute Gasteiger partial charge is 0.127 e. The van der Waals surface area contributed by atoms with Crippen molar-refractivity contribution in [2.24, 2.45) is 0 Å². The standard InChI is InChI=1S/C18H12I2O2/c19-9-1-3-14-11(7-9)16-10-5-6-21-15-4-2-13(20)17(18(10)15)12(16)8-22-14/h1-4,7,12H,5-6,8H2. The second-order valence-corrected chi connectivity index (χ2v) is 8.24. The molecule has 0 saturated carbocycles. The number of benzene rings is 2. The summed E-state index contributed by atoms with van der Waals surface area (Å²) in [6.07, 6.45) is 0.997. The number of halogens is 2. The van der Waals surface area contributed by atoms with Crippen molar-refractivity contribution in [3.63, 3.8) is 0 Å². The van der Waals surface area contributed by atoms with Crippen LogP contribution in [0.3, 0.4) is 0 Å². The first-order chi connectivity index (χ1) is 10.7. The van der Waals surface area contributed by atoms with Gasteiger partial charge in [0.1, 0.15) is 11.5 Å². The molecular formula is C18H12I2O2. The van der Waals surface area contributed by atoms with Gasteiger partial charge in [0.25, 0.3) is 0 Å². The monoisotopic (exact) mass is 514 g/mol. The van der Waals surface area contributed by atoms with Gasteiger partial charge in [0, 0.05) is 30.6 Å². The first kappa shape index (κ1) is 13.7. The van der Waals surface area contributed by atoms with E-state index in [1.165, 1.54) is 35.0 Å². The largest absolute Gasteiger partial charge is 0.493 e. The third-order valence-electron chi connectivity index (χ3n) is 4.72. The lowest BCUT2D eigenvalue weighted by atomic mass is 9.88. The van der Waals surface area contributed by atoms with Crippen LogP contribution in [0.15, 0.2) is 30.3 Å². The van der Waals surface area contributed by atoms with Gasteiger partial charge in [-0.25, -0.2) is 0 Å². The molecule has 22 heavy (non-hydrogen) atoms. The molecule has 5 rings (SSSR count). The number of hydrogen-bond donors (Lipinski definition) is 0. The van der Waals surface area contributed by atoms with Crippen LogP contribution in [0.2, 0.25) is 0 Å². The quantitative estimate of drug-likeness (QED) is 0.457. The van der Waals surface area contributed by atoms with Crippen molar-refractivity contribution >= 4 is 56.3 Å². The maximum atomic E-state index is 6.08. The Morgan fingerprint density at radius 1 is 1.00 bits per heavy atom. The van der Waals surface area contributed by atoms with E-state index in [4.69, 9.17) is 9.47 Å². The van der Waals surface area contributed by atoms with Crippen LogP contribution in [0.4, 0.5) is 0 Å². The maximum Gasteiger partial charge on any atom is 0.127 e. The Labute approximate surface area is 156 Å². The van der Waals surface area contributed by atoms with Crippen molar-refractivity contribution in [3.8, 4) is 11.5 Å². The molecule has 2 aliphatic heterocycles. The highest BCUT2D eigenvalue weighted by Gasteiger charge is 2.40.